The van der Waals surface area contributed by atoms with Gasteiger partial charge in [0.25, 0.3) is 0 Å². The fraction of sp³-hybridized carbons (Fsp3) is 0.400. The zero-order chi connectivity index (χ0) is 11.3. The van der Waals surface area contributed by atoms with Crippen molar-refractivity contribution >= 4 is 11.6 Å². The standard InChI is InChI=1S/C10H15N3O2/c1-7-2-4-13-10(12)9(7)8(14)6-15-5-3-11/h2,4H,3,5-6,11H2,1H3,(H2,12,13). The second-order valence-electron chi connectivity index (χ2n) is 3.15. The highest BCUT2D eigenvalue weighted by atomic mass is 16.5. The van der Waals surface area contributed by atoms with E-state index >= 15 is 0 Å². The highest BCUT2D eigenvalue weighted by molar-refractivity contribution is 6.02. The molecule has 0 spiro atoms. The molecule has 0 aliphatic heterocycles. The number of carbonyl (C=O) groups excluding carboxylic acids is 1. The number of nitrogens with zero attached hydrogens (tertiary/aromatic N) is 1. The number of pyridine rings is 1. The summed E-state index contributed by atoms with van der Waals surface area (Å²) in [7, 11) is 0. The van der Waals surface area contributed by atoms with Crippen LogP contribution in [-0.2, 0) is 4.74 Å². The van der Waals surface area contributed by atoms with Crippen molar-refractivity contribution in [1.29, 1.82) is 0 Å². The number of anilines is 1. The molecule has 0 fully saturated rings. The Labute approximate surface area is 88.4 Å². The van der Waals surface area contributed by atoms with Crippen LogP contribution in [0.4, 0.5) is 5.82 Å². The highest BCUT2D eigenvalue weighted by Gasteiger charge is 2.13. The monoisotopic (exact) mass is 209 g/mol. The maximum Gasteiger partial charge on any atom is 0.192 e. The van der Waals surface area contributed by atoms with Crippen LogP contribution < -0.4 is 11.5 Å². The van der Waals surface area contributed by atoms with E-state index in [9.17, 15) is 4.79 Å². The van der Waals surface area contributed by atoms with Crippen LogP contribution in [0.5, 0.6) is 0 Å². The third kappa shape index (κ3) is 3.00. The number of carbonyl (C=O) groups is 1. The minimum atomic E-state index is -0.161. The average Bonchev–Trinajstić information content (AvgIpc) is 2.18. The minimum Gasteiger partial charge on any atom is -0.383 e. The molecule has 1 aromatic rings. The topological polar surface area (TPSA) is 91.2 Å². The Morgan fingerprint density at radius 2 is 2.33 bits per heavy atom. The normalized spacial score (nSPS) is 10.3. The summed E-state index contributed by atoms with van der Waals surface area (Å²) in [4.78, 5) is 15.5. The summed E-state index contributed by atoms with van der Waals surface area (Å²) in [5.74, 6) is 0.0860. The molecule has 1 heterocycles. The Kier molecular flexibility index (Phi) is 4.20. The molecular weight excluding hydrogens is 194 g/mol. The minimum absolute atomic E-state index is 0.00602. The lowest BCUT2D eigenvalue weighted by Gasteiger charge is -2.07. The largest absolute Gasteiger partial charge is 0.383 e. The summed E-state index contributed by atoms with van der Waals surface area (Å²) < 4.78 is 5.05. The molecule has 5 heteroatoms. The number of rotatable bonds is 5. The SMILES string of the molecule is Cc1ccnc(N)c1C(=O)COCCN. The molecular formula is C10H15N3O2. The van der Waals surface area contributed by atoms with Crippen molar-refractivity contribution in [3.8, 4) is 0 Å². The van der Waals surface area contributed by atoms with Gasteiger partial charge in [0, 0.05) is 12.7 Å². The first-order valence-electron chi connectivity index (χ1n) is 4.69. The van der Waals surface area contributed by atoms with Gasteiger partial charge in [-0.2, -0.15) is 0 Å². The van der Waals surface area contributed by atoms with E-state index in [4.69, 9.17) is 16.2 Å². The molecule has 0 unspecified atom stereocenters. The molecule has 1 aromatic heterocycles. The van der Waals surface area contributed by atoms with Gasteiger partial charge in [0.1, 0.15) is 12.4 Å². The van der Waals surface area contributed by atoms with Gasteiger partial charge in [-0.1, -0.05) is 0 Å². The van der Waals surface area contributed by atoms with E-state index < -0.39 is 0 Å². The van der Waals surface area contributed by atoms with Gasteiger partial charge in [-0.15, -0.1) is 0 Å². The van der Waals surface area contributed by atoms with Gasteiger partial charge in [-0.05, 0) is 18.6 Å². The van der Waals surface area contributed by atoms with Crippen LogP contribution in [0.1, 0.15) is 15.9 Å². The van der Waals surface area contributed by atoms with E-state index in [-0.39, 0.29) is 18.2 Å². The van der Waals surface area contributed by atoms with Crippen LogP contribution in [0, 0.1) is 6.92 Å². The van der Waals surface area contributed by atoms with Crippen LogP contribution in [0.3, 0.4) is 0 Å². The summed E-state index contributed by atoms with van der Waals surface area (Å²) in [5.41, 5.74) is 12.1. The first-order valence-corrected chi connectivity index (χ1v) is 4.69. The van der Waals surface area contributed by atoms with Crippen molar-refractivity contribution in [2.24, 2.45) is 5.73 Å². The van der Waals surface area contributed by atoms with Crippen LogP contribution >= 0.6 is 0 Å². The molecule has 0 aliphatic rings. The third-order valence-electron chi connectivity index (χ3n) is 1.96. The summed E-state index contributed by atoms with van der Waals surface area (Å²) in [5, 5.41) is 0. The Morgan fingerprint density at radius 3 is 2.93 bits per heavy atom. The number of Topliss-reactive ketones (excluding diaryl/α,β-unsaturated/α-hetero) is 1. The molecule has 0 bridgehead atoms. The highest BCUT2D eigenvalue weighted by Crippen LogP contribution is 2.13. The lowest BCUT2D eigenvalue weighted by Crippen LogP contribution is -2.17. The molecule has 0 amide bonds. The van der Waals surface area contributed by atoms with E-state index in [2.05, 4.69) is 4.98 Å². The maximum absolute atomic E-state index is 11.7. The molecule has 5 nitrogen and oxygen atoms in total. The van der Waals surface area contributed by atoms with Crippen molar-refractivity contribution in [3.63, 3.8) is 0 Å². The number of ketones is 1. The van der Waals surface area contributed by atoms with Crippen LogP contribution in [0.25, 0.3) is 0 Å². The van der Waals surface area contributed by atoms with Gasteiger partial charge >= 0.3 is 0 Å². The second kappa shape index (κ2) is 5.43. The number of nitrogens with two attached hydrogens (primary N) is 2. The third-order valence-corrected chi connectivity index (χ3v) is 1.96. The Balaban J connectivity index is 2.73. The lowest BCUT2D eigenvalue weighted by molar-refractivity contribution is 0.0774. The quantitative estimate of drug-likeness (QED) is 0.531. The van der Waals surface area contributed by atoms with Crippen molar-refractivity contribution < 1.29 is 9.53 Å². The molecule has 0 saturated carbocycles. The Morgan fingerprint density at radius 1 is 1.60 bits per heavy atom. The van der Waals surface area contributed by atoms with E-state index in [0.29, 0.717) is 18.7 Å². The zero-order valence-electron chi connectivity index (χ0n) is 8.69. The van der Waals surface area contributed by atoms with Crippen LogP contribution in [0.15, 0.2) is 12.3 Å². The van der Waals surface area contributed by atoms with Gasteiger partial charge in [0.05, 0.1) is 12.2 Å². The summed E-state index contributed by atoms with van der Waals surface area (Å²) in [6.45, 7) is 2.57. The van der Waals surface area contributed by atoms with Gasteiger partial charge in [0.15, 0.2) is 5.78 Å². The summed E-state index contributed by atoms with van der Waals surface area (Å²) >= 11 is 0. The number of hydrogen-bond acceptors (Lipinski definition) is 5. The molecule has 1 rings (SSSR count). The second-order valence-corrected chi connectivity index (χ2v) is 3.15. The molecule has 4 N–H and O–H groups in total. The zero-order valence-corrected chi connectivity index (χ0v) is 8.69. The van der Waals surface area contributed by atoms with Crippen molar-refractivity contribution in [2.45, 2.75) is 6.92 Å². The van der Waals surface area contributed by atoms with Crippen molar-refractivity contribution in [3.05, 3.63) is 23.4 Å². The number of ether oxygens (including phenoxy) is 1. The average molecular weight is 209 g/mol. The fourth-order valence-electron chi connectivity index (χ4n) is 1.26. The molecule has 15 heavy (non-hydrogen) atoms. The van der Waals surface area contributed by atoms with Gasteiger partial charge in [0.2, 0.25) is 0 Å². The first kappa shape index (κ1) is 11.6. The molecule has 0 saturated heterocycles. The van der Waals surface area contributed by atoms with Crippen LogP contribution in [-0.4, -0.2) is 30.5 Å². The van der Waals surface area contributed by atoms with E-state index in [1.807, 2.05) is 6.92 Å². The van der Waals surface area contributed by atoms with E-state index in [0.717, 1.165) is 5.56 Å². The molecule has 0 atom stereocenters. The van der Waals surface area contributed by atoms with Crippen LogP contribution in [0.2, 0.25) is 0 Å². The number of aromatic nitrogens is 1. The van der Waals surface area contributed by atoms with E-state index in [1.54, 1.807) is 12.3 Å². The predicted octanol–water partition coefficient (Wildman–Crippen LogP) is 0.130. The molecule has 0 aromatic carbocycles. The molecule has 0 aliphatic carbocycles. The first-order chi connectivity index (χ1) is 7.16. The summed E-state index contributed by atoms with van der Waals surface area (Å²) in [6.07, 6.45) is 1.57. The lowest BCUT2D eigenvalue weighted by atomic mass is 10.1. The molecule has 0 radical (unpaired) electrons. The van der Waals surface area contributed by atoms with Gasteiger partial charge < -0.3 is 16.2 Å². The molecule has 82 valence electrons. The number of nitrogen functional groups attached to an aromatic ring is 1. The van der Waals surface area contributed by atoms with Gasteiger partial charge in [-0.25, -0.2) is 4.98 Å². The maximum atomic E-state index is 11.7. The summed E-state index contributed by atoms with van der Waals surface area (Å²) in [6, 6.07) is 1.74. The Bertz CT molecular complexity index is 332. The van der Waals surface area contributed by atoms with Crippen molar-refractivity contribution in [2.75, 3.05) is 25.5 Å². The number of aryl methyl sites for hydroxylation is 1. The van der Waals surface area contributed by atoms with Crippen molar-refractivity contribution in [1.82, 2.24) is 4.98 Å². The Hall–Kier alpha value is -1.46. The smallest absolute Gasteiger partial charge is 0.192 e. The number of hydrogen-bond donors (Lipinski definition) is 2. The van der Waals surface area contributed by atoms with Gasteiger partial charge in [-0.3, -0.25) is 4.79 Å². The van der Waals surface area contributed by atoms with E-state index in [1.165, 1.54) is 0 Å². The fourth-order valence-corrected chi connectivity index (χ4v) is 1.26. The predicted molar refractivity (Wildman–Crippen MR) is 57.6 cm³/mol.